The monoisotopic (exact) mass is 684 g/mol. The molecular weight excluding hydrogens is 635 g/mol. The minimum atomic E-state index is 0.456. The highest BCUT2D eigenvalue weighted by atomic mass is 35.5. The van der Waals surface area contributed by atoms with E-state index in [-0.39, 0.29) is 0 Å². The molecule has 0 aromatic heterocycles. The molecule has 0 saturated carbocycles. The van der Waals surface area contributed by atoms with E-state index in [0.29, 0.717) is 23.3 Å². The molecule has 0 aliphatic carbocycles. The van der Waals surface area contributed by atoms with Gasteiger partial charge >= 0.3 is 0 Å². The van der Waals surface area contributed by atoms with Crippen LogP contribution in [0.5, 0.6) is 11.5 Å². The number of aryl methyl sites for hydroxylation is 2. The number of ether oxygens (including phenoxy) is 2. The van der Waals surface area contributed by atoms with E-state index in [4.69, 9.17) is 32.7 Å². The third-order valence-corrected chi connectivity index (χ3v) is 11.0. The number of hydrogen-bond donors (Lipinski definition) is 0. The molecule has 254 valence electrons. The zero-order chi connectivity index (χ0) is 33.6. The maximum atomic E-state index is 6.76. The Balaban J connectivity index is 1.13. The van der Waals surface area contributed by atoms with Crippen molar-refractivity contribution in [3.63, 3.8) is 0 Å². The number of likely N-dealkylation sites (tertiary alicyclic amines) is 2. The summed E-state index contributed by atoms with van der Waals surface area (Å²) >= 11 is 13.5. The van der Waals surface area contributed by atoms with Crippen LogP contribution in [0.15, 0.2) is 60.7 Å². The van der Waals surface area contributed by atoms with Gasteiger partial charge in [-0.3, -0.25) is 9.80 Å². The second kappa shape index (κ2) is 16.1. The van der Waals surface area contributed by atoms with Crippen LogP contribution in [0.2, 0.25) is 10.0 Å². The molecule has 6 heteroatoms. The summed E-state index contributed by atoms with van der Waals surface area (Å²) in [4.78, 5) is 5.07. The van der Waals surface area contributed by atoms with Crippen molar-refractivity contribution in [3.8, 4) is 22.6 Å². The summed E-state index contributed by atoms with van der Waals surface area (Å²) in [5.41, 5.74) is 12.1. The van der Waals surface area contributed by atoms with E-state index in [1.165, 1.54) is 109 Å². The molecule has 2 saturated heterocycles. The van der Waals surface area contributed by atoms with Gasteiger partial charge in [0.15, 0.2) is 0 Å². The van der Waals surface area contributed by atoms with Gasteiger partial charge in [0.1, 0.15) is 24.7 Å². The van der Waals surface area contributed by atoms with E-state index in [2.05, 4.69) is 98.2 Å². The second-order valence-corrected chi connectivity index (χ2v) is 14.7. The molecule has 4 aromatic carbocycles. The van der Waals surface area contributed by atoms with E-state index in [1.54, 1.807) is 0 Å². The number of rotatable bonds is 11. The largest absolute Gasteiger partial charge is 0.487 e. The Morgan fingerprint density at radius 1 is 0.521 bits per heavy atom. The molecule has 2 aliphatic heterocycles. The normalized spacial score (nSPS) is 15.9. The summed E-state index contributed by atoms with van der Waals surface area (Å²) in [5.74, 6) is 1.48. The van der Waals surface area contributed by atoms with Gasteiger partial charge in [0.2, 0.25) is 0 Å². The van der Waals surface area contributed by atoms with Gasteiger partial charge in [-0.25, -0.2) is 0 Å². The Hall–Kier alpha value is -3.02. The van der Waals surface area contributed by atoms with Gasteiger partial charge in [-0.05, 0) is 159 Å². The van der Waals surface area contributed by atoms with Crippen LogP contribution in [0, 0.1) is 27.7 Å². The average molecular weight is 686 g/mol. The molecule has 4 nitrogen and oxygen atoms in total. The summed E-state index contributed by atoms with van der Waals surface area (Å²) in [5, 5.41) is 1.36. The Bertz CT molecular complexity index is 1600. The van der Waals surface area contributed by atoms with Crippen LogP contribution < -0.4 is 9.47 Å². The van der Waals surface area contributed by atoms with Gasteiger partial charge in [0.25, 0.3) is 0 Å². The van der Waals surface area contributed by atoms with Crippen molar-refractivity contribution in [3.05, 3.63) is 115 Å². The van der Waals surface area contributed by atoms with E-state index >= 15 is 0 Å². The van der Waals surface area contributed by atoms with Gasteiger partial charge in [-0.2, -0.15) is 0 Å². The summed E-state index contributed by atoms with van der Waals surface area (Å²) in [7, 11) is 0. The molecule has 6 rings (SSSR count). The minimum absolute atomic E-state index is 0.456. The summed E-state index contributed by atoms with van der Waals surface area (Å²) in [6, 6.07) is 21.3. The average Bonchev–Trinajstić information content (AvgIpc) is 3.09. The Morgan fingerprint density at radius 2 is 0.917 bits per heavy atom. The fourth-order valence-electron chi connectivity index (χ4n) is 7.25. The highest BCUT2D eigenvalue weighted by Gasteiger charge is 2.17. The highest BCUT2D eigenvalue weighted by molar-refractivity contribution is 6.32. The van der Waals surface area contributed by atoms with Crippen molar-refractivity contribution in [2.24, 2.45) is 0 Å². The fourth-order valence-corrected chi connectivity index (χ4v) is 7.73. The number of halogens is 2. The molecule has 0 spiro atoms. The Morgan fingerprint density at radius 3 is 1.31 bits per heavy atom. The second-order valence-electron chi connectivity index (χ2n) is 13.8. The van der Waals surface area contributed by atoms with Crippen LogP contribution in [0.4, 0.5) is 0 Å². The molecule has 0 unspecified atom stereocenters. The first-order valence-corrected chi connectivity index (χ1v) is 18.5. The van der Waals surface area contributed by atoms with Crippen LogP contribution >= 0.6 is 23.2 Å². The van der Waals surface area contributed by atoms with Gasteiger partial charge < -0.3 is 9.47 Å². The first kappa shape index (κ1) is 34.8. The third-order valence-electron chi connectivity index (χ3n) is 10.4. The zero-order valence-electron chi connectivity index (χ0n) is 29.1. The van der Waals surface area contributed by atoms with Gasteiger partial charge in [0.05, 0.1) is 10.0 Å². The smallest absolute Gasteiger partial charge is 0.138 e. The molecule has 0 amide bonds. The van der Waals surface area contributed by atoms with E-state index in [0.717, 1.165) is 35.7 Å². The molecule has 2 aliphatic rings. The molecule has 4 aromatic rings. The third kappa shape index (κ3) is 8.40. The summed E-state index contributed by atoms with van der Waals surface area (Å²) < 4.78 is 12.7. The number of nitrogens with zero attached hydrogens (tertiary/aromatic N) is 2. The molecule has 2 fully saturated rings. The molecule has 2 heterocycles. The van der Waals surface area contributed by atoms with Crippen molar-refractivity contribution in [2.75, 3.05) is 26.2 Å². The SMILES string of the molecule is Cc1cc(OCc2cccc(-c3cccc(COc4cc(C)c(CN5CCCCC5)cc4Cl)c3C)c2C)c(Cl)cc1CN1CCCCC1. The van der Waals surface area contributed by atoms with Crippen LogP contribution in [0.25, 0.3) is 11.1 Å². The standard InChI is InChI=1S/C42H50Cl2N2O2/c1-29-21-41(39(43)23-35(29)25-45-17-7-5-8-18-45)47-27-33-13-11-15-37(31(33)3)38-16-12-14-34(32(38)4)28-48-42-22-30(2)36(24-40(42)44)26-46-19-9-6-10-20-46/h11-16,21-24H,5-10,17-20,25-28H2,1-4H3. The first-order valence-electron chi connectivity index (χ1n) is 17.7. The summed E-state index contributed by atoms with van der Waals surface area (Å²) in [6.07, 6.45) is 7.81. The topological polar surface area (TPSA) is 24.9 Å². The maximum Gasteiger partial charge on any atom is 0.138 e. The molecule has 0 radical (unpaired) electrons. The zero-order valence-corrected chi connectivity index (χ0v) is 30.7. The van der Waals surface area contributed by atoms with Crippen LogP contribution in [-0.4, -0.2) is 36.0 Å². The van der Waals surface area contributed by atoms with Gasteiger partial charge in [0, 0.05) is 13.1 Å². The number of piperidine rings is 2. The van der Waals surface area contributed by atoms with Gasteiger partial charge in [-0.15, -0.1) is 0 Å². The lowest BCUT2D eigenvalue weighted by Crippen LogP contribution is -2.29. The van der Waals surface area contributed by atoms with E-state index in [1.807, 2.05) is 0 Å². The maximum absolute atomic E-state index is 6.76. The van der Waals surface area contributed by atoms with Crippen molar-refractivity contribution < 1.29 is 9.47 Å². The number of hydrogen-bond acceptors (Lipinski definition) is 4. The molecule has 48 heavy (non-hydrogen) atoms. The lowest BCUT2D eigenvalue weighted by atomic mass is 9.92. The van der Waals surface area contributed by atoms with Gasteiger partial charge in [-0.1, -0.05) is 72.4 Å². The summed E-state index contributed by atoms with van der Waals surface area (Å²) in [6.45, 7) is 16.2. The quantitative estimate of drug-likeness (QED) is 0.157. The molecule has 0 N–H and O–H groups in total. The fraction of sp³-hybridized carbons (Fsp3) is 0.429. The Kier molecular flexibility index (Phi) is 11.7. The molecule has 0 atom stereocenters. The van der Waals surface area contributed by atoms with Crippen molar-refractivity contribution in [2.45, 2.75) is 92.5 Å². The van der Waals surface area contributed by atoms with Crippen LogP contribution in [0.1, 0.15) is 83.0 Å². The first-order chi connectivity index (χ1) is 23.3. The lowest BCUT2D eigenvalue weighted by Gasteiger charge is -2.27. The predicted molar refractivity (Wildman–Crippen MR) is 201 cm³/mol. The Labute approximate surface area is 298 Å². The molecular formula is C42H50Cl2N2O2. The van der Waals surface area contributed by atoms with Crippen molar-refractivity contribution in [1.29, 1.82) is 0 Å². The van der Waals surface area contributed by atoms with E-state index in [9.17, 15) is 0 Å². The van der Waals surface area contributed by atoms with Crippen LogP contribution in [-0.2, 0) is 26.3 Å². The van der Waals surface area contributed by atoms with E-state index < -0.39 is 0 Å². The minimum Gasteiger partial charge on any atom is -0.487 e. The predicted octanol–water partition coefficient (Wildman–Crippen LogP) is 11.0. The lowest BCUT2D eigenvalue weighted by molar-refractivity contribution is 0.220. The van der Waals surface area contributed by atoms with Crippen LogP contribution in [0.3, 0.4) is 0 Å². The highest BCUT2D eigenvalue weighted by Crippen LogP contribution is 2.35. The van der Waals surface area contributed by atoms with Crippen molar-refractivity contribution >= 4 is 23.2 Å². The number of benzene rings is 4. The van der Waals surface area contributed by atoms with Crippen molar-refractivity contribution in [1.82, 2.24) is 9.80 Å². The molecule has 0 bridgehead atoms.